The number of para-hydroxylation sites is 1. The van der Waals surface area contributed by atoms with E-state index in [-0.39, 0.29) is 0 Å². The third kappa shape index (κ3) is 3.07. The average Bonchev–Trinajstić information content (AvgIpc) is 2.96. The topological polar surface area (TPSA) is 30.0 Å². The van der Waals surface area contributed by atoms with E-state index >= 15 is 0 Å². The first-order chi connectivity index (χ1) is 12.3. The van der Waals surface area contributed by atoms with Crippen molar-refractivity contribution in [2.75, 3.05) is 0 Å². The summed E-state index contributed by atoms with van der Waals surface area (Å²) >= 11 is 0. The number of nitrogens with zero attached hydrogens (tertiary/aromatic N) is 1. The fraction of sp³-hybridized carbons (Fsp3) is 0.0435. The molecule has 0 radical (unpaired) electrons. The maximum atomic E-state index is 10.9. The first-order valence-corrected chi connectivity index (χ1v) is 8.33. The zero-order valence-corrected chi connectivity index (χ0v) is 13.7. The molecule has 0 N–H and O–H groups in total. The van der Waals surface area contributed by atoms with Gasteiger partial charge in [0.1, 0.15) is 6.29 Å². The number of aromatic nitrogens is 1. The zero-order valence-electron chi connectivity index (χ0n) is 13.7. The number of hydrogen-bond acceptors (Lipinski definition) is 2. The Morgan fingerprint density at radius 2 is 1.76 bits per heavy atom. The Morgan fingerprint density at radius 3 is 2.60 bits per heavy atom. The minimum Gasteiger partial charge on any atom is -0.298 e. The molecule has 0 bridgehead atoms. The lowest BCUT2D eigenvalue weighted by Crippen LogP contribution is -1.95. The van der Waals surface area contributed by atoms with Gasteiger partial charge in [-0.15, -0.1) is 0 Å². The summed E-state index contributed by atoms with van der Waals surface area (Å²) in [6.45, 7) is 0. The highest BCUT2D eigenvalue weighted by molar-refractivity contribution is 5.91. The summed E-state index contributed by atoms with van der Waals surface area (Å²) in [6.07, 6.45) is 12.1. The Morgan fingerprint density at radius 1 is 0.920 bits per heavy atom. The van der Waals surface area contributed by atoms with E-state index in [1.165, 1.54) is 5.57 Å². The largest absolute Gasteiger partial charge is 0.298 e. The number of fused-ring (bicyclic) bond motifs is 1. The molecule has 1 aliphatic rings. The zero-order chi connectivity index (χ0) is 17.1. The van der Waals surface area contributed by atoms with Crippen LogP contribution in [0.15, 0.2) is 85.0 Å². The second kappa shape index (κ2) is 6.70. The first kappa shape index (κ1) is 15.3. The lowest BCUT2D eigenvalue weighted by Gasteiger charge is -2.13. The summed E-state index contributed by atoms with van der Waals surface area (Å²) in [5, 5.41) is 1.11. The standard InChI is InChI=1S/C23H17NO/c25-16-17-11-13-18(14-12-17)21-15-20-9-5-6-10-22(20)24-23(21)19-7-3-1-2-4-8-19/h1-7,9-16H,8H2. The molecule has 2 nitrogen and oxygen atoms in total. The molecule has 3 aromatic rings. The van der Waals surface area contributed by atoms with Crippen molar-refractivity contribution in [3.05, 3.63) is 96.2 Å². The number of rotatable bonds is 3. The van der Waals surface area contributed by atoms with Gasteiger partial charge < -0.3 is 0 Å². The van der Waals surface area contributed by atoms with Crippen molar-refractivity contribution in [1.82, 2.24) is 4.98 Å². The van der Waals surface area contributed by atoms with Gasteiger partial charge in [-0.2, -0.15) is 0 Å². The van der Waals surface area contributed by atoms with Gasteiger partial charge in [-0.05, 0) is 29.7 Å². The van der Waals surface area contributed by atoms with E-state index in [2.05, 4.69) is 36.4 Å². The van der Waals surface area contributed by atoms with E-state index in [4.69, 9.17) is 4.98 Å². The fourth-order valence-corrected chi connectivity index (χ4v) is 3.08. The van der Waals surface area contributed by atoms with Gasteiger partial charge in [0.15, 0.2) is 0 Å². The first-order valence-electron chi connectivity index (χ1n) is 8.33. The van der Waals surface area contributed by atoms with Crippen LogP contribution in [-0.2, 0) is 0 Å². The van der Waals surface area contributed by atoms with Gasteiger partial charge in [0.2, 0.25) is 0 Å². The van der Waals surface area contributed by atoms with Gasteiger partial charge in [0, 0.05) is 16.5 Å². The molecule has 0 atom stereocenters. The molecule has 120 valence electrons. The molecule has 2 aromatic carbocycles. The summed E-state index contributed by atoms with van der Waals surface area (Å²) in [5.74, 6) is 0. The molecule has 0 fully saturated rings. The molecule has 1 aromatic heterocycles. The highest BCUT2D eigenvalue weighted by atomic mass is 16.1. The van der Waals surface area contributed by atoms with Gasteiger partial charge in [-0.3, -0.25) is 4.79 Å². The van der Waals surface area contributed by atoms with Crippen molar-refractivity contribution >= 4 is 22.8 Å². The van der Waals surface area contributed by atoms with Crippen LogP contribution in [0.5, 0.6) is 0 Å². The Balaban J connectivity index is 1.94. The molecular weight excluding hydrogens is 306 g/mol. The molecule has 0 aliphatic heterocycles. The summed E-state index contributed by atoms with van der Waals surface area (Å²) in [5.41, 5.74) is 6.00. The Labute approximate surface area is 146 Å². The monoisotopic (exact) mass is 323 g/mol. The molecule has 0 saturated carbocycles. The van der Waals surface area contributed by atoms with E-state index in [0.29, 0.717) is 5.56 Å². The quantitative estimate of drug-likeness (QED) is 0.586. The smallest absolute Gasteiger partial charge is 0.150 e. The van der Waals surface area contributed by atoms with Crippen molar-refractivity contribution in [1.29, 1.82) is 0 Å². The normalized spacial score (nSPS) is 13.5. The SMILES string of the molecule is O=Cc1ccc(-c2cc3ccccc3nc2C2=CC=CC=CC2)cc1. The van der Waals surface area contributed by atoms with Gasteiger partial charge in [0.25, 0.3) is 0 Å². The number of carbonyl (C=O) groups excluding carboxylic acids is 1. The van der Waals surface area contributed by atoms with Crippen LogP contribution in [0.3, 0.4) is 0 Å². The Bertz CT molecular complexity index is 1020. The average molecular weight is 323 g/mol. The van der Waals surface area contributed by atoms with Gasteiger partial charge in [0.05, 0.1) is 11.2 Å². The van der Waals surface area contributed by atoms with Crippen LogP contribution in [0.1, 0.15) is 22.5 Å². The molecule has 0 saturated heterocycles. The summed E-state index contributed by atoms with van der Waals surface area (Å²) in [4.78, 5) is 15.9. The van der Waals surface area contributed by atoms with Crippen molar-refractivity contribution in [3.63, 3.8) is 0 Å². The molecule has 0 spiro atoms. The minimum atomic E-state index is 0.679. The summed E-state index contributed by atoms with van der Waals surface area (Å²) in [6, 6.07) is 18.0. The maximum Gasteiger partial charge on any atom is 0.150 e. The van der Waals surface area contributed by atoms with Gasteiger partial charge in [-0.25, -0.2) is 4.98 Å². The molecule has 0 unspecified atom stereocenters. The van der Waals surface area contributed by atoms with E-state index in [1.807, 2.05) is 48.5 Å². The van der Waals surface area contributed by atoms with Crippen LogP contribution < -0.4 is 0 Å². The van der Waals surface area contributed by atoms with Crippen LogP contribution in [0, 0.1) is 0 Å². The molecule has 0 amide bonds. The number of carbonyl (C=O) groups is 1. The predicted molar refractivity (Wildman–Crippen MR) is 103 cm³/mol. The van der Waals surface area contributed by atoms with E-state index in [0.717, 1.165) is 40.4 Å². The van der Waals surface area contributed by atoms with E-state index in [1.54, 1.807) is 0 Å². The molecule has 1 aliphatic carbocycles. The highest BCUT2D eigenvalue weighted by Gasteiger charge is 2.13. The second-order valence-corrected chi connectivity index (χ2v) is 6.03. The fourth-order valence-electron chi connectivity index (χ4n) is 3.08. The maximum absolute atomic E-state index is 10.9. The Kier molecular flexibility index (Phi) is 4.09. The van der Waals surface area contributed by atoms with E-state index in [9.17, 15) is 4.79 Å². The number of pyridine rings is 1. The lowest BCUT2D eigenvalue weighted by atomic mass is 9.95. The lowest BCUT2D eigenvalue weighted by molar-refractivity contribution is 0.112. The minimum absolute atomic E-state index is 0.679. The molecule has 1 heterocycles. The van der Waals surface area contributed by atoms with Crippen molar-refractivity contribution in [3.8, 4) is 11.1 Å². The van der Waals surface area contributed by atoms with Crippen LogP contribution >= 0.6 is 0 Å². The molecule has 25 heavy (non-hydrogen) atoms. The second-order valence-electron chi connectivity index (χ2n) is 6.03. The van der Waals surface area contributed by atoms with E-state index < -0.39 is 0 Å². The number of allylic oxidation sites excluding steroid dienone is 6. The number of benzene rings is 2. The van der Waals surface area contributed by atoms with Crippen molar-refractivity contribution < 1.29 is 4.79 Å². The van der Waals surface area contributed by atoms with Crippen LogP contribution in [0.2, 0.25) is 0 Å². The summed E-state index contributed by atoms with van der Waals surface area (Å²) < 4.78 is 0. The van der Waals surface area contributed by atoms with Gasteiger partial charge >= 0.3 is 0 Å². The predicted octanol–water partition coefficient (Wildman–Crippen LogP) is 5.61. The third-order valence-electron chi connectivity index (χ3n) is 4.38. The number of hydrogen-bond donors (Lipinski definition) is 0. The summed E-state index contributed by atoms with van der Waals surface area (Å²) in [7, 11) is 0. The van der Waals surface area contributed by atoms with Crippen LogP contribution in [-0.4, -0.2) is 11.3 Å². The van der Waals surface area contributed by atoms with Gasteiger partial charge in [-0.1, -0.05) is 72.8 Å². The molecular formula is C23H17NO. The van der Waals surface area contributed by atoms with Crippen LogP contribution in [0.4, 0.5) is 0 Å². The Hall–Kier alpha value is -3.26. The number of aldehydes is 1. The highest BCUT2D eigenvalue weighted by Crippen LogP contribution is 2.33. The molecule has 2 heteroatoms. The van der Waals surface area contributed by atoms with Crippen molar-refractivity contribution in [2.24, 2.45) is 0 Å². The van der Waals surface area contributed by atoms with Crippen LogP contribution in [0.25, 0.3) is 27.6 Å². The molecule has 4 rings (SSSR count). The third-order valence-corrected chi connectivity index (χ3v) is 4.38. The van der Waals surface area contributed by atoms with Crippen molar-refractivity contribution in [2.45, 2.75) is 6.42 Å².